The number of ether oxygens (including phenoxy) is 4. The van der Waals surface area contributed by atoms with E-state index in [0.29, 0.717) is 17.7 Å². The topological polar surface area (TPSA) is 138 Å². The smallest absolute Gasteiger partial charge is 0.414 e. The number of rotatable bonds is 10. The number of hydrogen-bond acceptors (Lipinski definition) is 10. The van der Waals surface area contributed by atoms with Crippen molar-refractivity contribution in [3.8, 4) is 11.5 Å². The Balaban J connectivity index is 0.926. The number of fused-ring (bicyclic) bond motifs is 5. The Morgan fingerprint density at radius 2 is 1.87 bits per heavy atom. The summed E-state index contributed by atoms with van der Waals surface area (Å²) in [5, 5.41) is 15.8. The maximum atomic E-state index is 16.1. The minimum Gasteiger partial charge on any atom is -0.487 e. The van der Waals surface area contributed by atoms with E-state index in [1.54, 1.807) is 44.7 Å². The molecule has 5 heterocycles. The first kappa shape index (κ1) is 33.8. The number of aliphatic hydroxyl groups is 1. The Hall–Kier alpha value is -5.96. The van der Waals surface area contributed by atoms with Crippen LogP contribution >= 0.6 is 0 Å². The Kier molecular flexibility index (Phi) is 8.25. The SMILES string of the molecule is O=C(OCc1ccccc1)c1cn(C2CC2)c2c3c(c(F)cc2c1=O)N1C[C@](O)(COc2ccc(N4C[C@H](Cn5cccn5)OC4=O)cc2F)C[C@H]1CO3. The van der Waals surface area contributed by atoms with E-state index in [0.717, 1.165) is 24.5 Å². The predicted molar refractivity (Wildman–Crippen MR) is 190 cm³/mol. The van der Waals surface area contributed by atoms with E-state index in [9.17, 15) is 19.5 Å². The first-order valence-electron chi connectivity index (χ1n) is 17.8. The van der Waals surface area contributed by atoms with Crippen molar-refractivity contribution in [1.29, 1.82) is 0 Å². The lowest BCUT2D eigenvalue weighted by Crippen LogP contribution is -2.41. The average molecular weight is 740 g/mol. The summed E-state index contributed by atoms with van der Waals surface area (Å²) in [4.78, 5) is 42.5. The molecular formula is C39H35F2N5O8. The standard InChI is InChI=1S/C39H35F2N5O8/c40-30-13-25(45-17-27(54-38(45)49)16-43-12-4-11-42-43)9-10-32(30)53-22-39(50)15-26-20-51-36-33-28(14-31(41)34(36)46(26)21-39)35(47)29(18-44(33)24-7-8-24)37(48)52-19-23-5-2-1-3-6-23/h1-6,9-14,18,24,26-27,50H,7-8,15-17,19-22H2/t26-,27-,39-/m0/s1. The molecular weight excluding hydrogens is 704 g/mol. The van der Waals surface area contributed by atoms with Crippen molar-refractivity contribution in [2.75, 3.05) is 36.1 Å². The van der Waals surface area contributed by atoms with Gasteiger partial charge in [0, 0.05) is 37.1 Å². The van der Waals surface area contributed by atoms with Gasteiger partial charge in [-0.1, -0.05) is 30.3 Å². The molecule has 1 saturated carbocycles. The molecule has 0 unspecified atom stereocenters. The Bertz CT molecular complexity index is 2330. The van der Waals surface area contributed by atoms with Gasteiger partial charge in [0.15, 0.2) is 23.1 Å². The molecule has 278 valence electrons. The van der Waals surface area contributed by atoms with E-state index in [-0.39, 0.29) is 73.5 Å². The van der Waals surface area contributed by atoms with Crippen LogP contribution in [0.3, 0.4) is 0 Å². The highest BCUT2D eigenvalue weighted by Gasteiger charge is 2.48. The minimum atomic E-state index is -1.51. The molecule has 1 amide bonds. The average Bonchev–Trinajstić information content (AvgIpc) is 3.58. The van der Waals surface area contributed by atoms with Gasteiger partial charge in [-0.2, -0.15) is 5.10 Å². The molecule has 13 nitrogen and oxygen atoms in total. The van der Waals surface area contributed by atoms with Crippen LogP contribution in [-0.4, -0.2) is 75.6 Å². The summed E-state index contributed by atoms with van der Waals surface area (Å²) in [6.07, 6.45) is 5.55. The highest BCUT2D eigenvalue weighted by atomic mass is 19.1. The summed E-state index contributed by atoms with van der Waals surface area (Å²) >= 11 is 0. The van der Waals surface area contributed by atoms with Gasteiger partial charge in [0.25, 0.3) is 0 Å². The monoisotopic (exact) mass is 739 g/mol. The predicted octanol–water partition coefficient (Wildman–Crippen LogP) is 4.97. The van der Waals surface area contributed by atoms with E-state index < -0.39 is 46.9 Å². The number of carbonyl (C=O) groups is 2. The molecule has 1 aliphatic carbocycles. The molecule has 3 fully saturated rings. The van der Waals surface area contributed by atoms with Crippen molar-refractivity contribution in [2.45, 2.75) is 56.2 Å². The summed E-state index contributed by atoms with van der Waals surface area (Å²) in [5.41, 5.74) is -0.839. The van der Waals surface area contributed by atoms with Crippen LogP contribution in [0.4, 0.5) is 25.0 Å². The van der Waals surface area contributed by atoms with Crippen molar-refractivity contribution in [1.82, 2.24) is 14.3 Å². The summed E-state index contributed by atoms with van der Waals surface area (Å²) in [6.45, 7) is 0.281. The number of esters is 1. The first-order chi connectivity index (χ1) is 26.1. The fourth-order valence-corrected chi connectivity index (χ4v) is 7.62. The fraction of sp³-hybridized carbons (Fsp3) is 0.333. The number of anilines is 2. The van der Waals surface area contributed by atoms with E-state index in [1.165, 1.54) is 29.3 Å². The summed E-state index contributed by atoms with van der Waals surface area (Å²) in [7, 11) is 0. The van der Waals surface area contributed by atoms with Crippen LogP contribution in [0.2, 0.25) is 0 Å². The van der Waals surface area contributed by atoms with Crippen molar-refractivity contribution < 1.29 is 42.4 Å². The van der Waals surface area contributed by atoms with Gasteiger partial charge < -0.3 is 33.5 Å². The lowest BCUT2D eigenvalue weighted by molar-refractivity contribution is 0.00980. The van der Waals surface area contributed by atoms with Crippen LogP contribution in [-0.2, 0) is 22.6 Å². The van der Waals surface area contributed by atoms with Crippen LogP contribution < -0.4 is 24.7 Å². The molecule has 0 spiro atoms. The molecule has 15 heteroatoms. The minimum absolute atomic E-state index is 0.00176. The lowest BCUT2D eigenvalue weighted by Gasteiger charge is -2.34. The van der Waals surface area contributed by atoms with Gasteiger partial charge in [-0.05, 0) is 42.7 Å². The molecule has 0 radical (unpaired) electrons. The van der Waals surface area contributed by atoms with Gasteiger partial charge in [0.2, 0.25) is 5.43 Å². The van der Waals surface area contributed by atoms with E-state index in [2.05, 4.69) is 5.10 Å². The zero-order valence-corrected chi connectivity index (χ0v) is 28.9. The quantitative estimate of drug-likeness (QED) is 0.196. The van der Waals surface area contributed by atoms with Gasteiger partial charge >= 0.3 is 12.1 Å². The lowest BCUT2D eigenvalue weighted by atomic mass is 10.0. The molecule has 3 aliphatic heterocycles. The second kappa shape index (κ2) is 13.2. The van der Waals surface area contributed by atoms with Crippen molar-refractivity contribution >= 4 is 34.3 Å². The number of aromatic nitrogens is 3. The summed E-state index contributed by atoms with van der Waals surface area (Å²) in [6, 6.07) is 15.6. The molecule has 2 saturated heterocycles. The maximum absolute atomic E-state index is 16.1. The van der Waals surface area contributed by atoms with Gasteiger partial charge in [-0.3, -0.25) is 14.4 Å². The zero-order chi connectivity index (χ0) is 37.1. The van der Waals surface area contributed by atoms with Crippen LogP contribution in [0.25, 0.3) is 10.9 Å². The molecule has 3 atom stereocenters. The van der Waals surface area contributed by atoms with Gasteiger partial charge in [0.05, 0.1) is 42.3 Å². The number of nitrogens with zero attached hydrogens (tertiary/aromatic N) is 5. The van der Waals surface area contributed by atoms with E-state index >= 15 is 8.78 Å². The summed E-state index contributed by atoms with van der Waals surface area (Å²) in [5.74, 6) is -2.24. The molecule has 3 aromatic carbocycles. The Labute approximate surface area is 306 Å². The highest BCUT2D eigenvalue weighted by molar-refractivity contribution is 5.98. The number of hydrogen-bond donors (Lipinski definition) is 1. The zero-order valence-electron chi connectivity index (χ0n) is 28.9. The number of halogens is 2. The third-order valence-corrected chi connectivity index (χ3v) is 10.3. The second-order valence-electron chi connectivity index (χ2n) is 14.3. The van der Waals surface area contributed by atoms with Crippen LogP contribution in [0.15, 0.2) is 84.0 Å². The molecule has 54 heavy (non-hydrogen) atoms. The van der Waals surface area contributed by atoms with Gasteiger partial charge in [0.1, 0.15) is 42.8 Å². The number of carbonyl (C=O) groups excluding carboxylic acids is 2. The Morgan fingerprint density at radius 3 is 2.63 bits per heavy atom. The number of benzene rings is 3. The van der Waals surface area contributed by atoms with Crippen molar-refractivity contribution in [3.05, 3.63) is 112 Å². The summed E-state index contributed by atoms with van der Waals surface area (Å²) < 4.78 is 57.8. The number of cyclic esters (lactones) is 1. The van der Waals surface area contributed by atoms with Crippen LogP contribution in [0, 0.1) is 11.6 Å². The highest BCUT2D eigenvalue weighted by Crippen LogP contribution is 2.48. The van der Waals surface area contributed by atoms with Crippen molar-refractivity contribution in [2.24, 2.45) is 0 Å². The van der Waals surface area contributed by atoms with E-state index in [4.69, 9.17) is 18.9 Å². The Morgan fingerprint density at radius 1 is 1.04 bits per heavy atom. The maximum Gasteiger partial charge on any atom is 0.414 e. The third kappa shape index (κ3) is 6.17. The number of amides is 1. The van der Waals surface area contributed by atoms with Crippen LogP contribution in [0.5, 0.6) is 11.5 Å². The van der Waals surface area contributed by atoms with E-state index in [1.807, 2.05) is 18.2 Å². The van der Waals surface area contributed by atoms with Crippen molar-refractivity contribution in [3.63, 3.8) is 0 Å². The molecule has 4 aliphatic rings. The number of pyridine rings is 1. The molecule has 2 aromatic heterocycles. The third-order valence-electron chi connectivity index (χ3n) is 10.3. The van der Waals surface area contributed by atoms with Gasteiger partial charge in [-0.15, -0.1) is 0 Å². The van der Waals surface area contributed by atoms with Crippen LogP contribution in [0.1, 0.15) is 41.2 Å². The second-order valence-corrected chi connectivity index (χ2v) is 14.3. The molecule has 5 aromatic rings. The fourth-order valence-electron chi connectivity index (χ4n) is 7.62. The first-order valence-corrected chi connectivity index (χ1v) is 17.8. The normalized spacial score (nSPS) is 21.8. The largest absolute Gasteiger partial charge is 0.487 e. The molecule has 0 bridgehead atoms. The van der Waals surface area contributed by atoms with Gasteiger partial charge in [-0.25, -0.2) is 18.4 Å². The molecule has 1 N–H and O–H groups in total. The molecule has 9 rings (SSSR count).